The zero-order valence-corrected chi connectivity index (χ0v) is 16.6. The fourth-order valence-corrected chi connectivity index (χ4v) is 4.76. The Kier molecular flexibility index (Phi) is 6.20. The van der Waals surface area contributed by atoms with Gasteiger partial charge in [0.05, 0.1) is 18.2 Å². The van der Waals surface area contributed by atoms with Crippen LogP contribution < -0.4 is 5.32 Å². The molecule has 0 spiro atoms. The first-order chi connectivity index (χ1) is 13.7. The summed E-state index contributed by atoms with van der Waals surface area (Å²) in [5.74, 6) is 0.863. The molecule has 28 heavy (non-hydrogen) atoms. The Morgan fingerprint density at radius 2 is 1.75 bits per heavy atom. The summed E-state index contributed by atoms with van der Waals surface area (Å²) in [5.41, 5.74) is 0. The van der Waals surface area contributed by atoms with Crippen LogP contribution in [0.25, 0.3) is 0 Å². The summed E-state index contributed by atoms with van der Waals surface area (Å²) in [4.78, 5) is 31.7. The van der Waals surface area contributed by atoms with Gasteiger partial charge in [-0.05, 0) is 63.7 Å². The Hall–Kier alpha value is -2.02. The Morgan fingerprint density at radius 1 is 1.04 bits per heavy atom. The molecular formula is C21H32N4O3. The quantitative estimate of drug-likeness (QED) is 0.841. The van der Waals surface area contributed by atoms with Crippen LogP contribution in [-0.4, -0.2) is 72.5 Å². The van der Waals surface area contributed by atoms with Crippen LogP contribution in [0.3, 0.4) is 0 Å². The third kappa shape index (κ3) is 4.35. The molecular weight excluding hydrogens is 356 g/mol. The maximum Gasteiger partial charge on any atom is 0.320 e. The molecule has 3 aliphatic heterocycles. The van der Waals surface area contributed by atoms with E-state index in [9.17, 15) is 9.59 Å². The van der Waals surface area contributed by atoms with Crippen LogP contribution in [-0.2, 0) is 4.79 Å². The lowest BCUT2D eigenvalue weighted by molar-refractivity contribution is -0.126. The highest BCUT2D eigenvalue weighted by Crippen LogP contribution is 2.25. The largest absolute Gasteiger partial charge is 0.468 e. The molecule has 0 bridgehead atoms. The van der Waals surface area contributed by atoms with Gasteiger partial charge in [-0.3, -0.25) is 9.69 Å². The van der Waals surface area contributed by atoms with Crippen LogP contribution in [0.5, 0.6) is 0 Å². The second-order valence-electron chi connectivity index (χ2n) is 8.28. The van der Waals surface area contributed by atoms with E-state index in [1.165, 1.54) is 12.8 Å². The number of urea groups is 1. The Bertz CT molecular complexity index is 651. The first kappa shape index (κ1) is 19.3. The van der Waals surface area contributed by atoms with Crippen LogP contribution >= 0.6 is 0 Å². The van der Waals surface area contributed by atoms with Gasteiger partial charge in [0.1, 0.15) is 5.76 Å². The van der Waals surface area contributed by atoms with Crippen molar-refractivity contribution in [2.75, 3.05) is 45.8 Å². The first-order valence-corrected chi connectivity index (χ1v) is 10.8. The minimum absolute atomic E-state index is 0.0645. The van der Waals surface area contributed by atoms with Gasteiger partial charge in [-0.1, -0.05) is 0 Å². The molecule has 4 heterocycles. The molecule has 4 rings (SSSR count). The zero-order valence-electron chi connectivity index (χ0n) is 16.6. The third-order valence-corrected chi connectivity index (χ3v) is 6.36. The van der Waals surface area contributed by atoms with E-state index >= 15 is 0 Å². The fraction of sp³-hybridized carbons (Fsp3) is 0.714. The Labute approximate surface area is 167 Å². The SMILES string of the molecule is O=C(NCC(c1ccco1)N1CCCC1)C1CCCN(C(=O)N2CCCC2)C1. The van der Waals surface area contributed by atoms with Crippen LogP contribution in [0, 0.1) is 5.92 Å². The van der Waals surface area contributed by atoms with E-state index in [1.54, 1.807) is 6.26 Å². The maximum atomic E-state index is 12.9. The van der Waals surface area contributed by atoms with Crippen LogP contribution in [0.2, 0.25) is 0 Å². The number of carbonyl (C=O) groups excluding carboxylic acids is 2. The van der Waals surface area contributed by atoms with Crippen molar-refractivity contribution < 1.29 is 14.0 Å². The first-order valence-electron chi connectivity index (χ1n) is 10.8. The van der Waals surface area contributed by atoms with E-state index in [4.69, 9.17) is 4.42 Å². The highest BCUT2D eigenvalue weighted by atomic mass is 16.3. The second kappa shape index (κ2) is 8.99. The molecule has 3 aliphatic rings. The standard InChI is InChI=1S/C21H32N4O3/c26-20(17-7-5-13-25(16-17)21(27)24-11-3-4-12-24)22-15-18(19-8-6-14-28-19)23-9-1-2-10-23/h6,8,14,17-18H,1-5,7,9-13,15-16H2,(H,22,26). The Morgan fingerprint density at radius 3 is 2.46 bits per heavy atom. The Balaban J connectivity index is 1.32. The predicted octanol–water partition coefficient (Wildman–Crippen LogP) is 2.46. The molecule has 1 N–H and O–H groups in total. The molecule has 1 aromatic heterocycles. The molecule has 0 aliphatic carbocycles. The number of nitrogens with one attached hydrogen (secondary N) is 1. The van der Waals surface area contributed by atoms with Crippen molar-refractivity contribution >= 4 is 11.9 Å². The van der Waals surface area contributed by atoms with Crippen LogP contribution in [0.15, 0.2) is 22.8 Å². The van der Waals surface area contributed by atoms with E-state index in [1.807, 2.05) is 21.9 Å². The van der Waals surface area contributed by atoms with Gasteiger partial charge in [0.15, 0.2) is 0 Å². The third-order valence-electron chi connectivity index (χ3n) is 6.36. The molecule has 2 unspecified atom stereocenters. The number of hydrogen-bond donors (Lipinski definition) is 1. The smallest absolute Gasteiger partial charge is 0.320 e. The molecule has 7 heteroatoms. The molecule has 1 aromatic rings. The van der Waals surface area contributed by atoms with E-state index in [-0.39, 0.29) is 23.9 Å². The van der Waals surface area contributed by atoms with E-state index < -0.39 is 0 Å². The number of likely N-dealkylation sites (tertiary alicyclic amines) is 3. The number of amides is 3. The fourth-order valence-electron chi connectivity index (χ4n) is 4.76. The van der Waals surface area contributed by atoms with Crippen LogP contribution in [0.1, 0.15) is 50.3 Å². The van der Waals surface area contributed by atoms with Crippen molar-refractivity contribution in [1.82, 2.24) is 20.0 Å². The van der Waals surface area contributed by atoms with Crippen molar-refractivity contribution in [3.05, 3.63) is 24.2 Å². The average molecular weight is 389 g/mol. The van der Waals surface area contributed by atoms with Gasteiger partial charge in [0.25, 0.3) is 0 Å². The van der Waals surface area contributed by atoms with Gasteiger partial charge in [-0.25, -0.2) is 4.79 Å². The second-order valence-corrected chi connectivity index (χ2v) is 8.28. The summed E-state index contributed by atoms with van der Waals surface area (Å²) in [5, 5.41) is 3.15. The molecule has 3 saturated heterocycles. The van der Waals surface area contributed by atoms with E-state index in [0.717, 1.165) is 64.2 Å². The summed E-state index contributed by atoms with van der Waals surface area (Å²) in [6, 6.07) is 4.10. The van der Waals surface area contributed by atoms with Crippen molar-refractivity contribution in [2.45, 2.75) is 44.6 Å². The lowest BCUT2D eigenvalue weighted by Crippen LogP contribution is -2.50. The van der Waals surface area contributed by atoms with Gasteiger partial charge < -0.3 is 19.5 Å². The number of hydrogen-bond acceptors (Lipinski definition) is 4. The molecule has 0 radical (unpaired) electrons. The molecule has 7 nitrogen and oxygen atoms in total. The maximum absolute atomic E-state index is 12.9. The van der Waals surface area contributed by atoms with Gasteiger partial charge in [0.2, 0.25) is 5.91 Å². The highest BCUT2D eigenvalue weighted by Gasteiger charge is 2.32. The molecule has 3 fully saturated rings. The minimum atomic E-state index is -0.115. The molecule has 0 saturated carbocycles. The number of carbonyl (C=O) groups is 2. The normalized spacial score (nSPS) is 24.5. The molecule has 2 atom stereocenters. The van der Waals surface area contributed by atoms with Gasteiger partial charge in [-0.2, -0.15) is 0 Å². The molecule has 154 valence electrons. The number of piperidine rings is 1. The monoisotopic (exact) mass is 388 g/mol. The van der Waals surface area contributed by atoms with Crippen molar-refractivity contribution in [1.29, 1.82) is 0 Å². The van der Waals surface area contributed by atoms with Crippen molar-refractivity contribution in [3.63, 3.8) is 0 Å². The van der Waals surface area contributed by atoms with Gasteiger partial charge >= 0.3 is 6.03 Å². The number of furan rings is 1. The number of nitrogens with zero attached hydrogens (tertiary/aromatic N) is 3. The van der Waals surface area contributed by atoms with E-state index in [2.05, 4.69) is 10.2 Å². The topological polar surface area (TPSA) is 69.0 Å². The molecule has 3 amide bonds. The lowest BCUT2D eigenvalue weighted by Gasteiger charge is -2.35. The summed E-state index contributed by atoms with van der Waals surface area (Å²) >= 11 is 0. The van der Waals surface area contributed by atoms with Gasteiger partial charge in [-0.15, -0.1) is 0 Å². The van der Waals surface area contributed by atoms with Gasteiger partial charge in [0, 0.05) is 32.7 Å². The van der Waals surface area contributed by atoms with Crippen molar-refractivity contribution in [2.24, 2.45) is 5.92 Å². The van der Waals surface area contributed by atoms with Crippen molar-refractivity contribution in [3.8, 4) is 0 Å². The summed E-state index contributed by atoms with van der Waals surface area (Å²) < 4.78 is 5.64. The van der Waals surface area contributed by atoms with Crippen LogP contribution in [0.4, 0.5) is 4.79 Å². The lowest BCUT2D eigenvalue weighted by atomic mass is 9.97. The highest BCUT2D eigenvalue weighted by molar-refractivity contribution is 5.81. The summed E-state index contributed by atoms with van der Waals surface area (Å²) in [6.45, 7) is 5.66. The van der Waals surface area contributed by atoms with E-state index in [0.29, 0.717) is 13.1 Å². The molecule has 0 aromatic carbocycles. The summed E-state index contributed by atoms with van der Waals surface area (Å²) in [7, 11) is 0. The average Bonchev–Trinajstić information content (AvgIpc) is 3.51. The zero-order chi connectivity index (χ0) is 19.3. The number of rotatable bonds is 5. The predicted molar refractivity (Wildman–Crippen MR) is 106 cm³/mol. The minimum Gasteiger partial charge on any atom is -0.468 e. The summed E-state index contributed by atoms with van der Waals surface area (Å²) in [6.07, 6.45) is 8.02.